The molecule has 1 aliphatic rings. The summed E-state index contributed by atoms with van der Waals surface area (Å²) < 4.78 is 1.13. The van der Waals surface area contributed by atoms with Crippen molar-refractivity contribution in [3.05, 3.63) is 34.3 Å². The minimum absolute atomic E-state index is 0.00254. The Morgan fingerprint density at radius 3 is 2.53 bits per heavy atom. The van der Waals surface area contributed by atoms with E-state index in [0.717, 1.165) is 16.8 Å². The van der Waals surface area contributed by atoms with E-state index in [1.807, 2.05) is 0 Å². The molecule has 0 spiro atoms. The van der Waals surface area contributed by atoms with Crippen LogP contribution in [0.5, 0.6) is 0 Å². The molecule has 0 radical (unpaired) electrons. The van der Waals surface area contributed by atoms with Crippen LogP contribution in [0.1, 0.15) is 38.7 Å². The van der Waals surface area contributed by atoms with Crippen LogP contribution in [0.15, 0.2) is 28.7 Å². The lowest BCUT2D eigenvalue weighted by Gasteiger charge is -2.33. The average molecular weight is 325 g/mol. The number of hydrogen-bond donors (Lipinski definition) is 2. The van der Waals surface area contributed by atoms with Gasteiger partial charge in [-0.25, -0.2) is 0 Å². The second-order valence-electron chi connectivity index (χ2n) is 6.33. The zero-order chi connectivity index (χ0) is 13.9. The van der Waals surface area contributed by atoms with Gasteiger partial charge in [-0.2, -0.15) is 0 Å². The molecule has 1 aromatic rings. The van der Waals surface area contributed by atoms with Crippen molar-refractivity contribution in [1.82, 2.24) is 5.32 Å². The summed E-state index contributed by atoms with van der Waals surface area (Å²) >= 11 is 3.48. The summed E-state index contributed by atoms with van der Waals surface area (Å²) in [6.07, 6.45) is 4.91. The highest BCUT2D eigenvalue weighted by Crippen LogP contribution is 2.27. The number of nitrogens with one attached hydrogen (secondary N) is 1. The van der Waals surface area contributed by atoms with Crippen LogP contribution in [-0.2, 0) is 6.42 Å². The van der Waals surface area contributed by atoms with Crippen molar-refractivity contribution in [2.24, 2.45) is 11.7 Å². The van der Waals surface area contributed by atoms with E-state index in [4.69, 9.17) is 5.73 Å². The summed E-state index contributed by atoms with van der Waals surface area (Å²) in [7, 11) is 0. The first kappa shape index (κ1) is 15.0. The Bertz CT molecular complexity index is 404. The molecular weight excluding hydrogens is 300 g/mol. The third-order valence-electron chi connectivity index (χ3n) is 4.21. The van der Waals surface area contributed by atoms with Gasteiger partial charge in [0.05, 0.1) is 0 Å². The predicted octanol–water partition coefficient (Wildman–Crippen LogP) is 3.49. The van der Waals surface area contributed by atoms with Gasteiger partial charge in [0.15, 0.2) is 0 Å². The third kappa shape index (κ3) is 4.30. The van der Waals surface area contributed by atoms with Crippen LogP contribution in [0.25, 0.3) is 0 Å². The van der Waals surface area contributed by atoms with E-state index in [-0.39, 0.29) is 5.54 Å². The van der Waals surface area contributed by atoms with Gasteiger partial charge >= 0.3 is 0 Å². The molecule has 19 heavy (non-hydrogen) atoms. The lowest BCUT2D eigenvalue weighted by atomic mass is 9.91. The molecule has 0 aromatic heterocycles. The molecule has 1 saturated carbocycles. The molecule has 2 rings (SSSR count). The molecular formula is C16H25BrN2. The number of benzene rings is 1. The average Bonchev–Trinajstić information content (AvgIpc) is 2.77. The Morgan fingerprint density at radius 2 is 2.00 bits per heavy atom. The number of nitrogens with two attached hydrogens (primary N) is 1. The molecule has 1 fully saturated rings. The molecule has 3 atom stereocenters. The molecule has 0 saturated heterocycles. The lowest BCUT2D eigenvalue weighted by Crippen LogP contribution is -2.54. The van der Waals surface area contributed by atoms with Gasteiger partial charge < -0.3 is 11.1 Å². The molecule has 3 heteroatoms. The fourth-order valence-corrected chi connectivity index (χ4v) is 3.33. The predicted molar refractivity (Wildman–Crippen MR) is 85.2 cm³/mol. The van der Waals surface area contributed by atoms with Gasteiger partial charge in [0, 0.05) is 22.6 Å². The van der Waals surface area contributed by atoms with Crippen LogP contribution in [0, 0.1) is 5.92 Å². The van der Waals surface area contributed by atoms with Crippen LogP contribution in [0.4, 0.5) is 0 Å². The summed E-state index contributed by atoms with van der Waals surface area (Å²) in [5.41, 5.74) is 7.37. The van der Waals surface area contributed by atoms with Gasteiger partial charge in [-0.15, -0.1) is 0 Å². The largest absolute Gasteiger partial charge is 0.329 e. The topological polar surface area (TPSA) is 38.0 Å². The normalized spacial score (nSPS) is 26.3. The van der Waals surface area contributed by atoms with Crippen LogP contribution in [-0.4, -0.2) is 18.1 Å². The van der Waals surface area contributed by atoms with Crippen LogP contribution in [0.2, 0.25) is 0 Å². The van der Waals surface area contributed by atoms with E-state index in [2.05, 4.69) is 59.4 Å². The standard InChI is InChI=1S/C16H25BrN2/c1-12-3-8-15(9-12)19-16(2,11-18)10-13-4-6-14(17)7-5-13/h4-7,12,15,19H,3,8-11,18H2,1-2H3. The number of halogens is 1. The van der Waals surface area contributed by atoms with E-state index in [1.54, 1.807) is 0 Å². The van der Waals surface area contributed by atoms with Gasteiger partial charge in [0.2, 0.25) is 0 Å². The van der Waals surface area contributed by atoms with Crippen LogP contribution < -0.4 is 11.1 Å². The highest BCUT2D eigenvalue weighted by atomic mass is 79.9. The van der Waals surface area contributed by atoms with Crippen LogP contribution in [0.3, 0.4) is 0 Å². The van der Waals surface area contributed by atoms with Crippen molar-refractivity contribution in [2.45, 2.75) is 51.1 Å². The maximum absolute atomic E-state index is 6.03. The van der Waals surface area contributed by atoms with Crippen molar-refractivity contribution in [3.8, 4) is 0 Å². The number of hydrogen-bond acceptors (Lipinski definition) is 2. The monoisotopic (exact) mass is 324 g/mol. The summed E-state index contributed by atoms with van der Waals surface area (Å²) in [5.74, 6) is 0.854. The molecule has 1 aromatic carbocycles. The molecule has 106 valence electrons. The van der Waals surface area contributed by atoms with Crippen molar-refractivity contribution in [2.75, 3.05) is 6.54 Å². The summed E-state index contributed by atoms with van der Waals surface area (Å²) in [5, 5.41) is 3.80. The van der Waals surface area contributed by atoms with E-state index in [9.17, 15) is 0 Å². The van der Waals surface area contributed by atoms with E-state index < -0.39 is 0 Å². The minimum Gasteiger partial charge on any atom is -0.329 e. The highest BCUT2D eigenvalue weighted by molar-refractivity contribution is 9.10. The smallest absolute Gasteiger partial charge is 0.0318 e. The first-order chi connectivity index (χ1) is 9.00. The van der Waals surface area contributed by atoms with Crippen molar-refractivity contribution < 1.29 is 0 Å². The molecule has 0 heterocycles. The Balaban J connectivity index is 1.99. The third-order valence-corrected chi connectivity index (χ3v) is 4.73. The zero-order valence-corrected chi connectivity index (χ0v) is 13.5. The van der Waals surface area contributed by atoms with E-state index in [1.165, 1.54) is 24.8 Å². The fraction of sp³-hybridized carbons (Fsp3) is 0.625. The Labute approximate surface area is 125 Å². The first-order valence-corrected chi connectivity index (χ1v) is 8.02. The Kier molecular flexibility index (Phi) is 5.04. The zero-order valence-electron chi connectivity index (χ0n) is 12.0. The minimum atomic E-state index is 0.00254. The van der Waals surface area contributed by atoms with Crippen molar-refractivity contribution >= 4 is 15.9 Å². The maximum Gasteiger partial charge on any atom is 0.0318 e. The Morgan fingerprint density at radius 1 is 1.32 bits per heavy atom. The SMILES string of the molecule is CC1CCC(NC(C)(CN)Cc2ccc(Br)cc2)C1. The first-order valence-electron chi connectivity index (χ1n) is 7.23. The summed E-state index contributed by atoms with van der Waals surface area (Å²) in [6, 6.07) is 9.20. The van der Waals surface area contributed by atoms with Gasteiger partial charge in [-0.05, 0) is 56.2 Å². The molecule has 1 aliphatic carbocycles. The number of rotatable bonds is 5. The van der Waals surface area contributed by atoms with Gasteiger partial charge in [0.1, 0.15) is 0 Å². The van der Waals surface area contributed by atoms with E-state index in [0.29, 0.717) is 12.6 Å². The molecule has 2 nitrogen and oxygen atoms in total. The molecule has 0 amide bonds. The fourth-order valence-electron chi connectivity index (χ4n) is 3.07. The van der Waals surface area contributed by atoms with Crippen LogP contribution >= 0.6 is 15.9 Å². The summed E-state index contributed by atoms with van der Waals surface area (Å²) in [6.45, 7) is 5.27. The molecule has 0 bridgehead atoms. The molecule has 3 unspecified atom stereocenters. The second kappa shape index (κ2) is 6.38. The lowest BCUT2D eigenvalue weighted by molar-refractivity contribution is 0.310. The Hall–Kier alpha value is -0.380. The quantitative estimate of drug-likeness (QED) is 0.870. The van der Waals surface area contributed by atoms with E-state index >= 15 is 0 Å². The van der Waals surface area contributed by atoms with Gasteiger partial charge in [-0.1, -0.05) is 35.0 Å². The van der Waals surface area contributed by atoms with Crippen molar-refractivity contribution in [3.63, 3.8) is 0 Å². The second-order valence-corrected chi connectivity index (χ2v) is 7.24. The highest BCUT2D eigenvalue weighted by Gasteiger charge is 2.29. The van der Waals surface area contributed by atoms with Gasteiger partial charge in [0.25, 0.3) is 0 Å². The van der Waals surface area contributed by atoms with Crippen molar-refractivity contribution in [1.29, 1.82) is 0 Å². The summed E-state index contributed by atoms with van der Waals surface area (Å²) in [4.78, 5) is 0. The maximum atomic E-state index is 6.03. The molecule has 0 aliphatic heterocycles. The molecule has 3 N–H and O–H groups in total. The van der Waals surface area contributed by atoms with Gasteiger partial charge in [-0.3, -0.25) is 0 Å².